The number of rotatable bonds is 3. The Balaban J connectivity index is 2.24. The molecule has 0 spiro atoms. The van der Waals surface area contributed by atoms with Crippen LogP contribution in [0.25, 0.3) is 0 Å². The zero-order chi connectivity index (χ0) is 13.1. The first-order chi connectivity index (χ1) is 8.63. The molecule has 2 atom stereocenters. The standard InChI is InChI=1S/C14H22ClN3/c1-10-5-4-6-18(11(10)2)14-7-12(8-16-3)13(15)9-17-14/h7,9-11,16H,4-6,8H2,1-3H3. The highest BCUT2D eigenvalue weighted by Crippen LogP contribution is 2.29. The van der Waals surface area contributed by atoms with Gasteiger partial charge in [0.25, 0.3) is 0 Å². The summed E-state index contributed by atoms with van der Waals surface area (Å²) in [6.45, 7) is 6.49. The van der Waals surface area contributed by atoms with Crippen molar-refractivity contribution in [3.63, 3.8) is 0 Å². The van der Waals surface area contributed by atoms with Gasteiger partial charge in [0.15, 0.2) is 0 Å². The minimum atomic E-state index is 0.551. The molecule has 0 saturated carbocycles. The SMILES string of the molecule is CNCc1cc(N2CCCC(C)C2C)ncc1Cl. The van der Waals surface area contributed by atoms with Crippen LogP contribution in [0.3, 0.4) is 0 Å². The maximum atomic E-state index is 6.16. The summed E-state index contributed by atoms with van der Waals surface area (Å²) in [6.07, 6.45) is 4.33. The highest BCUT2D eigenvalue weighted by atomic mass is 35.5. The van der Waals surface area contributed by atoms with E-state index in [0.717, 1.165) is 35.4 Å². The lowest BCUT2D eigenvalue weighted by Crippen LogP contribution is -2.43. The lowest BCUT2D eigenvalue weighted by atomic mass is 9.92. The Morgan fingerprint density at radius 3 is 3.00 bits per heavy atom. The smallest absolute Gasteiger partial charge is 0.129 e. The molecule has 1 aliphatic heterocycles. The summed E-state index contributed by atoms with van der Waals surface area (Å²) in [7, 11) is 1.93. The van der Waals surface area contributed by atoms with E-state index in [9.17, 15) is 0 Å². The molecule has 0 bridgehead atoms. The molecule has 18 heavy (non-hydrogen) atoms. The topological polar surface area (TPSA) is 28.2 Å². The average Bonchev–Trinajstić information content (AvgIpc) is 2.36. The second kappa shape index (κ2) is 5.89. The van der Waals surface area contributed by atoms with Gasteiger partial charge < -0.3 is 10.2 Å². The first-order valence-electron chi connectivity index (χ1n) is 6.69. The first kappa shape index (κ1) is 13.6. The lowest BCUT2D eigenvalue weighted by molar-refractivity contribution is 0.361. The summed E-state index contributed by atoms with van der Waals surface area (Å²) in [5.74, 6) is 1.78. The van der Waals surface area contributed by atoms with Gasteiger partial charge in [-0.15, -0.1) is 0 Å². The van der Waals surface area contributed by atoms with Gasteiger partial charge in [-0.2, -0.15) is 0 Å². The van der Waals surface area contributed by atoms with Gasteiger partial charge in [0.2, 0.25) is 0 Å². The van der Waals surface area contributed by atoms with E-state index in [1.165, 1.54) is 12.8 Å². The molecular weight excluding hydrogens is 246 g/mol. The summed E-state index contributed by atoms with van der Waals surface area (Å²) in [6, 6.07) is 2.67. The number of hydrogen-bond acceptors (Lipinski definition) is 3. The monoisotopic (exact) mass is 267 g/mol. The van der Waals surface area contributed by atoms with Crippen LogP contribution in [0.4, 0.5) is 5.82 Å². The maximum Gasteiger partial charge on any atom is 0.129 e. The molecule has 2 heterocycles. The van der Waals surface area contributed by atoms with Crippen molar-refractivity contribution in [1.29, 1.82) is 0 Å². The molecular formula is C14H22ClN3. The number of pyridine rings is 1. The van der Waals surface area contributed by atoms with E-state index in [-0.39, 0.29) is 0 Å². The zero-order valence-electron chi connectivity index (χ0n) is 11.4. The summed E-state index contributed by atoms with van der Waals surface area (Å²) >= 11 is 6.16. The fourth-order valence-corrected chi connectivity index (χ4v) is 2.78. The third-order valence-corrected chi connectivity index (χ3v) is 4.30. The third-order valence-electron chi connectivity index (χ3n) is 3.96. The largest absolute Gasteiger partial charge is 0.354 e. The van der Waals surface area contributed by atoms with Crippen molar-refractivity contribution in [1.82, 2.24) is 10.3 Å². The van der Waals surface area contributed by atoms with Crippen LogP contribution in [-0.2, 0) is 6.54 Å². The molecule has 0 radical (unpaired) electrons. The van der Waals surface area contributed by atoms with E-state index >= 15 is 0 Å². The van der Waals surface area contributed by atoms with Gasteiger partial charge in [-0.3, -0.25) is 0 Å². The van der Waals surface area contributed by atoms with Gasteiger partial charge in [0.05, 0.1) is 5.02 Å². The number of halogens is 1. The fourth-order valence-electron chi connectivity index (χ4n) is 2.61. The van der Waals surface area contributed by atoms with Crippen LogP contribution in [0.2, 0.25) is 5.02 Å². The Morgan fingerprint density at radius 1 is 1.50 bits per heavy atom. The van der Waals surface area contributed by atoms with Crippen LogP contribution in [0.5, 0.6) is 0 Å². The van der Waals surface area contributed by atoms with E-state index in [4.69, 9.17) is 11.6 Å². The van der Waals surface area contributed by atoms with E-state index in [2.05, 4.69) is 35.1 Å². The molecule has 0 aromatic carbocycles. The van der Waals surface area contributed by atoms with E-state index in [1.807, 2.05) is 7.05 Å². The van der Waals surface area contributed by atoms with Crippen molar-refractivity contribution in [2.24, 2.45) is 5.92 Å². The number of nitrogens with one attached hydrogen (secondary N) is 1. The summed E-state index contributed by atoms with van der Waals surface area (Å²) < 4.78 is 0. The second-order valence-corrected chi connectivity index (χ2v) is 5.62. The predicted molar refractivity (Wildman–Crippen MR) is 77.2 cm³/mol. The first-order valence-corrected chi connectivity index (χ1v) is 7.07. The predicted octanol–water partition coefficient (Wildman–Crippen LogP) is 3.08. The Kier molecular flexibility index (Phi) is 4.46. The molecule has 2 rings (SSSR count). The molecule has 1 fully saturated rings. The number of nitrogens with zero attached hydrogens (tertiary/aromatic N) is 2. The quantitative estimate of drug-likeness (QED) is 0.912. The van der Waals surface area contributed by atoms with Crippen LogP contribution >= 0.6 is 11.6 Å². The van der Waals surface area contributed by atoms with Gasteiger partial charge in [-0.25, -0.2) is 4.98 Å². The molecule has 1 aliphatic rings. The minimum absolute atomic E-state index is 0.551. The van der Waals surface area contributed by atoms with Crippen LogP contribution in [0.15, 0.2) is 12.3 Å². The van der Waals surface area contributed by atoms with Crippen LogP contribution in [0, 0.1) is 5.92 Å². The average molecular weight is 268 g/mol. The van der Waals surface area contributed by atoms with Gasteiger partial charge in [-0.05, 0) is 44.4 Å². The minimum Gasteiger partial charge on any atom is -0.354 e. The highest BCUT2D eigenvalue weighted by molar-refractivity contribution is 6.31. The molecule has 1 aromatic heterocycles. The van der Waals surface area contributed by atoms with Crippen molar-refractivity contribution in [2.75, 3.05) is 18.5 Å². The lowest BCUT2D eigenvalue weighted by Gasteiger charge is -2.39. The number of hydrogen-bond donors (Lipinski definition) is 1. The summed E-state index contributed by atoms with van der Waals surface area (Å²) in [5, 5.41) is 3.89. The Hall–Kier alpha value is -0.800. The van der Waals surface area contributed by atoms with E-state index < -0.39 is 0 Å². The molecule has 1 N–H and O–H groups in total. The van der Waals surface area contributed by atoms with Gasteiger partial charge in [0.1, 0.15) is 5.82 Å². The molecule has 2 unspecified atom stereocenters. The van der Waals surface area contributed by atoms with Gasteiger partial charge >= 0.3 is 0 Å². The molecule has 3 nitrogen and oxygen atoms in total. The molecule has 1 aromatic rings. The van der Waals surface area contributed by atoms with Crippen molar-refractivity contribution >= 4 is 17.4 Å². The molecule has 100 valence electrons. The van der Waals surface area contributed by atoms with Crippen molar-refractivity contribution in [2.45, 2.75) is 39.3 Å². The normalized spacial score (nSPS) is 24.3. The molecule has 0 aliphatic carbocycles. The third kappa shape index (κ3) is 2.78. The zero-order valence-corrected chi connectivity index (χ0v) is 12.2. The summed E-state index contributed by atoms with van der Waals surface area (Å²) in [4.78, 5) is 6.90. The Labute approximate surface area is 115 Å². The maximum absolute atomic E-state index is 6.16. The van der Waals surface area contributed by atoms with Gasteiger partial charge in [-0.1, -0.05) is 18.5 Å². The highest BCUT2D eigenvalue weighted by Gasteiger charge is 2.25. The molecule has 0 amide bonds. The number of aromatic nitrogens is 1. The van der Waals surface area contributed by atoms with Gasteiger partial charge in [0, 0.05) is 25.3 Å². The Morgan fingerprint density at radius 2 is 2.28 bits per heavy atom. The fraction of sp³-hybridized carbons (Fsp3) is 0.643. The van der Waals surface area contributed by atoms with Crippen LogP contribution in [-0.4, -0.2) is 24.6 Å². The Bertz CT molecular complexity index is 408. The van der Waals surface area contributed by atoms with E-state index in [0.29, 0.717) is 6.04 Å². The number of piperidine rings is 1. The number of anilines is 1. The molecule has 4 heteroatoms. The van der Waals surface area contributed by atoms with Crippen LogP contribution in [0.1, 0.15) is 32.3 Å². The summed E-state index contributed by atoms with van der Waals surface area (Å²) in [5.41, 5.74) is 1.12. The van der Waals surface area contributed by atoms with E-state index in [1.54, 1.807) is 6.20 Å². The second-order valence-electron chi connectivity index (χ2n) is 5.22. The van der Waals surface area contributed by atoms with Crippen molar-refractivity contribution < 1.29 is 0 Å². The molecule has 1 saturated heterocycles. The van der Waals surface area contributed by atoms with Crippen molar-refractivity contribution in [3.8, 4) is 0 Å². The van der Waals surface area contributed by atoms with Crippen LogP contribution < -0.4 is 10.2 Å². The van der Waals surface area contributed by atoms with Crippen molar-refractivity contribution in [3.05, 3.63) is 22.8 Å².